The molecule has 5 heteroatoms. The number of carbonyl (C=O) groups excluding carboxylic acids is 1. The van der Waals surface area contributed by atoms with Crippen molar-refractivity contribution in [3.8, 4) is 6.07 Å². The highest BCUT2D eigenvalue weighted by Gasteiger charge is 1.96. The molecule has 0 saturated carbocycles. The monoisotopic (exact) mass is 180 g/mol. The Morgan fingerprint density at radius 1 is 1.46 bits per heavy atom. The molecule has 0 unspecified atom stereocenters. The van der Waals surface area contributed by atoms with Gasteiger partial charge in [0.2, 0.25) is 5.91 Å². The van der Waals surface area contributed by atoms with Gasteiger partial charge in [0.15, 0.2) is 0 Å². The topological polar surface area (TPSA) is 90.2 Å². The molecule has 0 fully saturated rings. The lowest BCUT2D eigenvalue weighted by atomic mass is 10.4. The molecule has 0 aliphatic rings. The van der Waals surface area contributed by atoms with Crippen molar-refractivity contribution < 1.29 is 14.7 Å². The van der Waals surface area contributed by atoms with Crippen molar-refractivity contribution in [3.05, 3.63) is 23.9 Å². The molecule has 0 aromatic rings. The van der Waals surface area contributed by atoms with E-state index in [9.17, 15) is 9.59 Å². The summed E-state index contributed by atoms with van der Waals surface area (Å²) < 4.78 is 0. The van der Waals surface area contributed by atoms with E-state index < -0.39 is 11.9 Å². The molecule has 0 saturated heterocycles. The molecular formula is C8H8N2O3. The number of hydrogen-bond acceptors (Lipinski definition) is 3. The summed E-state index contributed by atoms with van der Waals surface area (Å²) in [6, 6.07) is 1.72. The lowest BCUT2D eigenvalue weighted by molar-refractivity contribution is -0.131. The minimum absolute atomic E-state index is 0.363. The van der Waals surface area contributed by atoms with Crippen molar-refractivity contribution in [2.75, 3.05) is 0 Å². The van der Waals surface area contributed by atoms with Crippen LogP contribution in [0.1, 0.15) is 6.92 Å². The van der Waals surface area contributed by atoms with Gasteiger partial charge >= 0.3 is 5.97 Å². The maximum absolute atomic E-state index is 10.8. The van der Waals surface area contributed by atoms with Gasteiger partial charge in [0.1, 0.15) is 0 Å². The Balaban J connectivity index is 4.11. The van der Waals surface area contributed by atoms with Crippen LogP contribution in [0.4, 0.5) is 0 Å². The maximum atomic E-state index is 10.8. The quantitative estimate of drug-likeness (QED) is 0.478. The molecule has 0 radical (unpaired) electrons. The van der Waals surface area contributed by atoms with E-state index in [1.165, 1.54) is 6.92 Å². The molecule has 68 valence electrons. The molecule has 0 aromatic carbocycles. The van der Waals surface area contributed by atoms with Crippen LogP contribution in [0.5, 0.6) is 0 Å². The summed E-state index contributed by atoms with van der Waals surface area (Å²) >= 11 is 0. The van der Waals surface area contributed by atoms with Gasteiger partial charge in [-0.15, -0.1) is 0 Å². The Hall–Kier alpha value is -2.09. The Morgan fingerprint density at radius 2 is 2.08 bits per heavy atom. The van der Waals surface area contributed by atoms with Crippen molar-refractivity contribution in [1.82, 2.24) is 5.32 Å². The van der Waals surface area contributed by atoms with Crippen molar-refractivity contribution in [2.24, 2.45) is 0 Å². The summed E-state index contributed by atoms with van der Waals surface area (Å²) in [4.78, 5) is 20.8. The number of amides is 1. The number of nitriles is 1. The molecule has 2 N–H and O–H groups in total. The fourth-order valence-electron chi connectivity index (χ4n) is 0.516. The van der Waals surface area contributed by atoms with Gasteiger partial charge in [-0.1, -0.05) is 0 Å². The van der Waals surface area contributed by atoms with Gasteiger partial charge in [-0.3, -0.25) is 4.79 Å². The van der Waals surface area contributed by atoms with E-state index in [2.05, 4.69) is 5.32 Å². The number of nitrogens with zero attached hydrogens (tertiary/aromatic N) is 1. The highest BCUT2D eigenvalue weighted by Crippen LogP contribution is 1.85. The van der Waals surface area contributed by atoms with Crippen molar-refractivity contribution in [1.29, 1.82) is 5.26 Å². The van der Waals surface area contributed by atoms with E-state index in [1.54, 1.807) is 6.07 Å². The Bertz CT molecular complexity index is 310. The third-order valence-corrected chi connectivity index (χ3v) is 0.979. The van der Waals surface area contributed by atoms with E-state index in [0.29, 0.717) is 5.70 Å². The predicted octanol–water partition coefficient (Wildman–Crippen LogP) is 0.171. The van der Waals surface area contributed by atoms with E-state index in [0.717, 1.165) is 18.2 Å². The number of nitrogens with one attached hydrogen (secondary N) is 1. The summed E-state index contributed by atoms with van der Waals surface area (Å²) in [6.45, 7) is 1.52. The average molecular weight is 180 g/mol. The second-order valence-electron chi connectivity index (χ2n) is 2.12. The first-order valence-electron chi connectivity index (χ1n) is 3.34. The fraction of sp³-hybridized carbons (Fsp3) is 0.125. The van der Waals surface area contributed by atoms with E-state index in [1.807, 2.05) is 0 Å². The van der Waals surface area contributed by atoms with Gasteiger partial charge in [0, 0.05) is 23.9 Å². The molecular weight excluding hydrogens is 172 g/mol. The minimum atomic E-state index is -1.20. The molecule has 0 rings (SSSR count). The summed E-state index contributed by atoms with van der Waals surface area (Å²) in [5.41, 5.74) is 0.363. The number of rotatable bonds is 3. The zero-order valence-corrected chi connectivity index (χ0v) is 6.94. The molecule has 0 spiro atoms. The van der Waals surface area contributed by atoms with Crippen molar-refractivity contribution in [2.45, 2.75) is 6.92 Å². The standard InChI is InChI=1S/C8H8N2O3/c1-6(4-5-9)10-7(11)2-3-8(12)13/h2-4H,1H3,(H,10,11)(H,12,13)/b3-2+,6-4+. The first kappa shape index (κ1) is 10.9. The van der Waals surface area contributed by atoms with Crippen LogP contribution in [0.3, 0.4) is 0 Å². The largest absolute Gasteiger partial charge is 0.478 e. The first-order valence-corrected chi connectivity index (χ1v) is 3.34. The van der Waals surface area contributed by atoms with Crippen LogP contribution in [0, 0.1) is 11.3 Å². The summed E-state index contributed by atoms with van der Waals surface area (Å²) in [5, 5.41) is 18.6. The van der Waals surface area contributed by atoms with Crippen LogP contribution in [-0.2, 0) is 9.59 Å². The Labute approximate surface area is 75.0 Å². The number of carboxylic acid groups (broad SMARTS) is 1. The lowest BCUT2D eigenvalue weighted by Crippen LogP contribution is -2.18. The van der Waals surface area contributed by atoms with Crippen molar-refractivity contribution in [3.63, 3.8) is 0 Å². The van der Waals surface area contributed by atoms with Crippen LogP contribution in [-0.4, -0.2) is 17.0 Å². The van der Waals surface area contributed by atoms with Gasteiger partial charge in [0.05, 0.1) is 6.07 Å². The van der Waals surface area contributed by atoms with Gasteiger partial charge in [-0.25, -0.2) is 4.79 Å². The number of allylic oxidation sites excluding steroid dienone is 2. The highest BCUT2D eigenvalue weighted by molar-refractivity contribution is 5.94. The molecule has 0 aliphatic heterocycles. The average Bonchev–Trinajstić information content (AvgIpc) is 2.01. The fourth-order valence-corrected chi connectivity index (χ4v) is 0.516. The molecule has 5 nitrogen and oxygen atoms in total. The lowest BCUT2D eigenvalue weighted by Gasteiger charge is -1.97. The third kappa shape index (κ3) is 6.31. The van der Waals surface area contributed by atoms with Crippen LogP contribution in [0.2, 0.25) is 0 Å². The Kier molecular flexibility index (Phi) is 4.65. The smallest absolute Gasteiger partial charge is 0.328 e. The van der Waals surface area contributed by atoms with Crippen LogP contribution in [0.25, 0.3) is 0 Å². The van der Waals surface area contributed by atoms with Crippen LogP contribution >= 0.6 is 0 Å². The van der Waals surface area contributed by atoms with Gasteiger partial charge in [-0.2, -0.15) is 5.26 Å². The van der Waals surface area contributed by atoms with Crippen molar-refractivity contribution >= 4 is 11.9 Å². The van der Waals surface area contributed by atoms with E-state index in [4.69, 9.17) is 10.4 Å². The zero-order valence-electron chi connectivity index (χ0n) is 6.94. The van der Waals surface area contributed by atoms with Gasteiger partial charge in [0.25, 0.3) is 0 Å². The maximum Gasteiger partial charge on any atom is 0.328 e. The SMILES string of the molecule is C/C(=C\C#N)NC(=O)/C=C/C(=O)O. The summed E-state index contributed by atoms with van der Waals surface area (Å²) in [6.07, 6.45) is 2.73. The van der Waals surface area contributed by atoms with Crippen LogP contribution in [0.15, 0.2) is 23.9 Å². The number of carboxylic acids is 1. The third-order valence-electron chi connectivity index (χ3n) is 0.979. The van der Waals surface area contributed by atoms with E-state index >= 15 is 0 Å². The summed E-state index contributed by atoms with van der Waals surface area (Å²) in [7, 11) is 0. The zero-order chi connectivity index (χ0) is 10.3. The number of aliphatic carboxylic acids is 1. The second-order valence-corrected chi connectivity index (χ2v) is 2.12. The summed E-state index contributed by atoms with van der Waals surface area (Å²) in [5.74, 6) is -1.77. The molecule has 0 bridgehead atoms. The molecule has 0 aliphatic carbocycles. The second kappa shape index (κ2) is 5.55. The number of carbonyl (C=O) groups is 2. The number of hydrogen-bond donors (Lipinski definition) is 2. The van der Waals surface area contributed by atoms with Gasteiger partial charge < -0.3 is 10.4 Å². The Morgan fingerprint density at radius 3 is 2.54 bits per heavy atom. The molecule has 13 heavy (non-hydrogen) atoms. The molecule has 0 atom stereocenters. The van der Waals surface area contributed by atoms with E-state index in [-0.39, 0.29) is 0 Å². The normalized spacial score (nSPS) is 10.9. The minimum Gasteiger partial charge on any atom is -0.478 e. The molecule has 1 amide bonds. The molecule has 0 heterocycles. The van der Waals surface area contributed by atoms with Gasteiger partial charge in [-0.05, 0) is 6.92 Å². The molecule has 0 aromatic heterocycles. The highest BCUT2D eigenvalue weighted by atomic mass is 16.4. The predicted molar refractivity (Wildman–Crippen MR) is 44.3 cm³/mol. The van der Waals surface area contributed by atoms with Crippen LogP contribution < -0.4 is 5.32 Å². The first-order chi connectivity index (χ1) is 6.06.